The van der Waals surface area contributed by atoms with Crippen LogP contribution in [-0.4, -0.2) is 9.36 Å². The van der Waals surface area contributed by atoms with Gasteiger partial charge in [-0.05, 0) is 30.6 Å². The molecule has 1 aromatic heterocycles. The summed E-state index contributed by atoms with van der Waals surface area (Å²) in [5.41, 5.74) is 6.35. The smallest absolute Gasteiger partial charge is 0.174 e. The summed E-state index contributed by atoms with van der Waals surface area (Å²) in [5, 5.41) is 0. The number of aromatic nitrogens is 2. The maximum absolute atomic E-state index is 13.7. The van der Waals surface area contributed by atoms with Crippen LogP contribution >= 0.6 is 23.3 Å². The fourth-order valence-electron chi connectivity index (χ4n) is 1.57. The van der Waals surface area contributed by atoms with Crippen LogP contribution in [0.5, 0.6) is 0 Å². The fourth-order valence-corrected chi connectivity index (χ4v) is 3.47. The Balaban J connectivity index is 2.31. The molecule has 0 radical (unpaired) electrons. The molecule has 2 rings (SSSR count). The first-order valence-electron chi connectivity index (χ1n) is 5.66. The van der Waals surface area contributed by atoms with Gasteiger partial charge in [0.2, 0.25) is 0 Å². The average molecular weight is 283 g/mol. The number of hydrogen-bond acceptors (Lipinski definition) is 5. The maximum atomic E-state index is 13.7. The van der Waals surface area contributed by atoms with Gasteiger partial charge in [-0.2, -0.15) is 4.37 Å². The Labute approximate surface area is 114 Å². The molecule has 2 aromatic rings. The second kappa shape index (κ2) is 5.77. The quantitative estimate of drug-likeness (QED) is 0.934. The third kappa shape index (κ3) is 2.88. The zero-order chi connectivity index (χ0) is 13.1. The molecule has 1 aromatic carbocycles. The molecule has 0 spiro atoms. The highest BCUT2D eigenvalue weighted by atomic mass is 32.2. The lowest BCUT2D eigenvalue weighted by molar-refractivity contribution is 0.585. The molecule has 2 N–H and O–H groups in total. The van der Waals surface area contributed by atoms with Gasteiger partial charge in [-0.3, -0.25) is 0 Å². The predicted octanol–water partition coefficient (Wildman–Crippen LogP) is 3.41. The van der Waals surface area contributed by atoms with E-state index in [-0.39, 0.29) is 11.9 Å². The summed E-state index contributed by atoms with van der Waals surface area (Å²) in [6, 6.07) is 4.64. The van der Waals surface area contributed by atoms with Gasteiger partial charge in [-0.15, -0.1) is 0 Å². The summed E-state index contributed by atoms with van der Waals surface area (Å²) >= 11 is 2.75. The Kier molecular flexibility index (Phi) is 4.31. The molecular weight excluding hydrogens is 269 g/mol. The Morgan fingerprint density at radius 1 is 1.50 bits per heavy atom. The highest BCUT2D eigenvalue weighted by Crippen LogP contribution is 2.34. The topological polar surface area (TPSA) is 51.8 Å². The van der Waals surface area contributed by atoms with Crippen LogP contribution in [0.1, 0.15) is 31.3 Å². The predicted molar refractivity (Wildman–Crippen MR) is 72.4 cm³/mol. The van der Waals surface area contributed by atoms with Gasteiger partial charge in [-0.1, -0.05) is 24.8 Å². The largest absolute Gasteiger partial charge is 0.324 e. The molecule has 1 unspecified atom stereocenters. The van der Waals surface area contributed by atoms with E-state index in [1.54, 1.807) is 13.0 Å². The van der Waals surface area contributed by atoms with Crippen LogP contribution in [0.2, 0.25) is 0 Å². The van der Waals surface area contributed by atoms with Gasteiger partial charge < -0.3 is 5.73 Å². The number of halogens is 1. The molecule has 0 saturated carbocycles. The van der Waals surface area contributed by atoms with Gasteiger partial charge in [0.25, 0.3) is 0 Å². The molecule has 0 saturated heterocycles. The number of benzene rings is 1. The number of aryl methyl sites for hydroxylation is 1. The van der Waals surface area contributed by atoms with Crippen LogP contribution in [0.4, 0.5) is 4.39 Å². The summed E-state index contributed by atoms with van der Waals surface area (Å²) in [6.45, 7) is 3.78. The lowest BCUT2D eigenvalue weighted by Crippen LogP contribution is -2.08. The van der Waals surface area contributed by atoms with Crippen molar-refractivity contribution in [2.45, 2.75) is 35.5 Å². The van der Waals surface area contributed by atoms with E-state index in [0.717, 1.165) is 21.5 Å². The molecule has 6 heteroatoms. The standard InChI is InChI=1S/C12H14FN3S2/c1-3-10-15-12(18-16-10)17-9-6-4-5-8(13)11(9)7(2)14/h4-7H,3,14H2,1-2H3. The van der Waals surface area contributed by atoms with Crippen LogP contribution in [0.3, 0.4) is 0 Å². The van der Waals surface area contributed by atoms with Gasteiger partial charge in [0.15, 0.2) is 4.34 Å². The van der Waals surface area contributed by atoms with Gasteiger partial charge in [0.1, 0.15) is 11.6 Å². The van der Waals surface area contributed by atoms with E-state index in [9.17, 15) is 4.39 Å². The summed E-state index contributed by atoms with van der Waals surface area (Å²) < 4.78 is 18.8. The molecule has 96 valence electrons. The highest BCUT2D eigenvalue weighted by molar-refractivity contribution is 8.01. The van der Waals surface area contributed by atoms with E-state index in [1.807, 2.05) is 13.0 Å². The van der Waals surface area contributed by atoms with Gasteiger partial charge in [0.05, 0.1) is 0 Å². The van der Waals surface area contributed by atoms with Crippen molar-refractivity contribution in [3.05, 3.63) is 35.4 Å². The molecule has 0 fully saturated rings. The zero-order valence-electron chi connectivity index (χ0n) is 10.2. The van der Waals surface area contributed by atoms with Crippen molar-refractivity contribution >= 4 is 23.3 Å². The number of rotatable bonds is 4. The Morgan fingerprint density at radius 2 is 2.28 bits per heavy atom. The zero-order valence-corrected chi connectivity index (χ0v) is 11.8. The Morgan fingerprint density at radius 3 is 2.89 bits per heavy atom. The van der Waals surface area contributed by atoms with E-state index in [1.165, 1.54) is 29.4 Å². The molecule has 0 aliphatic carbocycles. The molecule has 0 aliphatic rings. The Hall–Kier alpha value is -0.980. The molecule has 3 nitrogen and oxygen atoms in total. The lowest BCUT2D eigenvalue weighted by atomic mass is 10.1. The van der Waals surface area contributed by atoms with Crippen molar-refractivity contribution in [1.29, 1.82) is 0 Å². The van der Waals surface area contributed by atoms with E-state index in [2.05, 4.69) is 9.36 Å². The van der Waals surface area contributed by atoms with Crippen molar-refractivity contribution < 1.29 is 4.39 Å². The van der Waals surface area contributed by atoms with E-state index < -0.39 is 0 Å². The molecule has 0 amide bonds. The van der Waals surface area contributed by atoms with E-state index >= 15 is 0 Å². The third-order valence-electron chi connectivity index (χ3n) is 2.43. The molecule has 1 atom stereocenters. The van der Waals surface area contributed by atoms with Crippen LogP contribution in [0, 0.1) is 5.82 Å². The monoisotopic (exact) mass is 283 g/mol. The minimum absolute atomic E-state index is 0.268. The first-order valence-corrected chi connectivity index (χ1v) is 7.25. The number of nitrogens with zero attached hydrogens (tertiary/aromatic N) is 2. The molecule has 18 heavy (non-hydrogen) atoms. The second-order valence-electron chi connectivity index (χ2n) is 3.87. The van der Waals surface area contributed by atoms with E-state index in [4.69, 9.17) is 5.73 Å². The molecule has 1 heterocycles. The molecule has 0 aliphatic heterocycles. The van der Waals surface area contributed by atoms with Crippen molar-refractivity contribution in [2.75, 3.05) is 0 Å². The number of nitrogens with two attached hydrogens (primary N) is 1. The molecular formula is C12H14FN3S2. The summed E-state index contributed by atoms with van der Waals surface area (Å²) in [6.07, 6.45) is 0.806. The first kappa shape index (κ1) is 13.5. The lowest BCUT2D eigenvalue weighted by Gasteiger charge is -2.11. The summed E-state index contributed by atoms with van der Waals surface area (Å²) in [5.74, 6) is 0.552. The van der Waals surface area contributed by atoms with E-state index in [0.29, 0.717) is 5.56 Å². The van der Waals surface area contributed by atoms with Crippen LogP contribution in [-0.2, 0) is 6.42 Å². The van der Waals surface area contributed by atoms with Crippen LogP contribution in [0.25, 0.3) is 0 Å². The minimum atomic E-state index is -0.340. The minimum Gasteiger partial charge on any atom is -0.324 e. The van der Waals surface area contributed by atoms with Crippen molar-refractivity contribution in [1.82, 2.24) is 9.36 Å². The van der Waals surface area contributed by atoms with Gasteiger partial charge in [-0.25, -0.2) is 9.37 Å². The maximum Gasteiger partial charge on any atom is 0.174 e. The average Bonchev–Trinajstić information content (AvgIpc) is 2.76. The van der Waals surface area contributed by atoms with Gasteiger partial charge in [0, 0.05) is 22.9 Å². The van der Waals surface area contributed by atoms with Crippen LogP contribution in [0.15, 0.2) is 27.4 Å². The fraction of sp³-hybridized carbons (Fsp3) is 0.333. The molecule has 0 bridgehead atoms. The second-order valence-corrected chi connectivity index (χ2v) is 5.91. The van der Waals surface area contributed by atoms with Crippen molar-refractivity contribution in [2.24, 2.45) is 5.73 Å². The van der Waals surface area contributed by atoms with Gasteiger partial charge >= 0.3 is 0 Å². The third-order valence-corrected chi connectivity index (χ3v) is 4.30. The summed E-state index contributed by atoms with van der Waals surface area (Å²) in [4.78, 5) is 5.17. The normalized spacial score (nSPS) is 12.7. The number of hydrogen-bond donors (Lipinski definition) is 1. The van der Waals surface area contributed by atoms with Crippen molar-refractivity contribution in [3.63, 3.8) is 0 Å². The van der Waals surface area contributed by atoms with Crippen LogP contribution < -0.4 is 5.73 Å². The SMILES string of the molecule is CCc1nsc(Sc2cccc(F)c2C(C)N)n1. The summed E-state index contributed by atoms with van der Waals surface area (Å²) in [7, 11) is 0. The highest BCUT2D eigenvalue weighted by Gasteiger charge is 2.15. The van der Waals surface area contributed by atoms with Crippen molar-refractivity contribution in [3.8, 4) is 0 Å². The first-order chi connectivity index (χ1) is 8.61. The Bertz CT molecular complexity index is 540.